The molecule has 0 radical (unpaired) electrons. The van der Waals surface area contributed by atoms with E-state index in [2.05, 4.69) is 19.2 Å². The minimum Gasteiger partial charge on any atom is -0.341 e. The van der Waals surface area contributed by atoms with Gasteiger partial charge in [-0.2, -0.15) is 0 Å². The first-order valence-electron chi connectivity index (χ1n) is 9.39. The molecular weight excluding hydrogens is 290 g/mol. The van der Waals surface area contributed by atoms with Gasteiger partial charge in [-0.15, -0.1) is 0 Å². The molecule has 5 nitrogen and oxygen atoms in total. The van der Waals surface area contributed by atoms with Gasteiger partial charge in [-0.25, -0.2) is 4.79 Å². The average molecular weight is 321 g/mol. The second-order valence-corrected chi connectivity index (χ2v) is 7.85. The smallest absolute Gasteiger partial charge is 0.317 e. The van der Waals surface area contributed by atoms with Crippen LogP contribution in [0.5, 0.6) is 0 Å². The molecule has 0 aromatic carbocycles. The van der Waals surface area contributed by atoms with Crippen LogP contribution in [0.3, 0.4) is 0 Å². The number of hydrogen-bond donors (Lipinski definition) is 1. The average Bonchev–Trinajstić information content (AvgIpc) is 3.36. The van der Waals surface area contributed by atoms with Crippen LogP contribution in [-0.4, -0.2) is 54.0 Å². The highest BCUT2D eigenvalue weighted by Crippen LogP contribution is 2.31. The normalized spacial score (nSPS) is 32.3. The highest BCUT2D eigenvalue weighted by Gasteiger charge is 2.34. The van der Waals surface area contributed by atoms with Crippen LogP contribution in [0.25, 0.3) is 0 Å². The Morgan fingerprint density at radius 1 is 0.870 bits per heavy atom. The summed E-state index contributed by atoms with van der Waals surface area (Å²) in [5.74, 6) is 2.04. The SMILES string of the molecule is C[C@@H]1CC[C@@H](NC(=O)N2CCCN(C(=O)C3CC3)CC2)C[C@H]1C. The summed E-state index contributed by atoms with van der Waals surface area (Å²) in [5.41, 5.74) is 0. The van der Waals surface area contributed by atoms with Crippen molar-refractivity contribution >= 4 is 11.9 Å². The van der Waals surface area contributed by atoms with Crippen molar-refractivity contribution in [3.63, 3.8) is 0 Å². The molecular formula is C18H31N3O2. The van der Waals surface area contributed by atoms with Gasteiger partial charge in [-0.1, -0.05) is 13.8 Å². The van der Waals surface area contributed by atoms with Gasteiger partial charge in [0, 0.05) is 38.1 Å². The van der Waals surface area contributed by atoms with Crippen LogP contribution in [0.4, 0.5) is 4.79 Å². The van der Waals surface area contributed by atoms with E-state index >= 15 is 0 Å². The maximum Gasteiger partial charge on any atom is 0.317 e. The monoisotopic (exact) mass is 321 g/mol. The second-order valence-electron chi connectivity index (χ2n) is 7.85. The lowest BCUT2D eigenvalue weighted by Crippen LogP contribution is -2.48. The molecule has 2 aliphatic carbocycles. The Kier molecular flexibility index (Phi) is 5.12. The summed E-state index contributed by atoms with van der Waals surface area (Å²) in [6.07, 6.45) is 6.39. The Morgan fingerprint density at radius 3 is 2.26 bits per heavy atom. The maximum absolute atomic E-state index is 12.5. The van der Waals surface area contributed by atoms with Crippen molar-refractivity contribution in [3.8, 4) is 0 Å². The quantitative estimate of drug-likeness (QED) is 0.849. The zero-order valence-electron chi connectivity index (χ0n) is 14.6. The fourth-order valence-corrected chi connectivity index (χ4v) is 3.87. The van der Waals surface area contributed by atoms with Gasteiger partial charge in [0.1, 0.15) is 0 Å². The molecule has 1 aliphatic heterocycles. The van der Waals surface area contributed by atoms with E-state index in [1.165, 1.54) is 6.42 Å². The number of hydrogen-bond acceptors (Lipinski definition) is 2. The number of carbonyl (C=O) groups excluding carboxylic acids is 2. The van der Waals surface area contributed by atoms with Gasteiger partial charge in [-0.05, 0) is 50.4 Å². The van der Waals surface area contributed by atoms with E-state index in [1.54, 1.807) is 0 Å². The second kappa shape index (κ2) is 7.10. The first-order valence-corrected chi connectivity index (χ1v) is 9.39. The number of amides is 3. The molecule has 3 rings (SSSR count). The molecule has 5 heteroatoms. The van der Waals surface area contributed by atoms with E-state index in [1.807, 2.05) is 9.80 Å². The summed E-state index contributed by atoms with van der Waals surface area (Å²) in [5, 5.41) is 3.23. The van der Waals surface area contributed by atoms with Gasteiger partial charge in [0.2, 0.25) is 5.91 Å². The van der Waals surface area contributed by atoms with Crippen LogP contribution in [0.2, 0.25) is 0 Å². The van der Waals surface area contributed by atoms with Gasteiger partial charge >= 0.3 is 6.03 Å². The molecule has 0 aromatic rings. The number of carbonyl (C=O) groups is 2. The van der Waals surface area contributed by atoms with Crippen LogP contribution in [-0.2, 0) is 4.79 Å². The van der Waals surface area contributed by atoms with Crippen molar-refractivity contribution in [2.45, 2.75) is 58.4 Å². The first kappa shape index (κ1) is 16.6. The fraction of sp³-hybridized carbons (Fsp3) is 0.889. The van der Waals surface area contributed by atoms with Crippen LogP contribution in [0.15, 0.2) is 0 Å². The van der Waals surface area contributed by atoms with E-state index in [0.717, 1.165) is 51.1 Å². The Hall–Kier alpha value is -1.26. The van der Waals surface area contributed by atoms with Gasteiger partial charge in [-0.3, -0.25) is 4.79 Å². The van der Waals surface area contributed by atoms with Crippen molar-refractivity contribution < 1.29 is 9.59 Å². The van der Waals surface area contributed by atoms with Gasteiger partial charge < -0.3 is 15.1 Å². The molecule has 1 heterocycles. The summed E-state index contributed by atoms with van der Waals surface area (Å²) in [6, 6.07) is 0.388. The van der Waals surface area contributed by atoms with Crippen LogP contribution >= 0.6 is 0 Å². The zero-order chi connectivity index (χ0) is 16.4. The van der Waals surface area contributed by atoms with Crippen molar-refractivity contribution in [1.29, 1.82) is 0 Å². The summed E-state index contributed by atoms with van der Waals surface area (Å²) >= 11 is 0. The molecule has 2 saturated carbocycles. The van der Waals surface area contributed by atoms with Crippen molar-refractivity contribution in [2.75, 3.05) is 26.2 Å². The molecule has 3 atom stereocenters. The summed E-state index contributed by atoms with van der Waals surface area (Å²) < 4.78 is 0. The Balaban J connectivity index is 1.47. The van der Waals surface area contributed by atoms with Crippen LogP contribution in [0, 0.1) is 17.8 Å². The van der Waals surface area contributed by atoms with Crippen molar-refractivity contribution in [2.24, 2.45) is 17.8 Å². The minimum absolute atomic E-state index is 0.0671. The Morgan fingerprint density at radius 2 is 1.57 bits per heavy atom. The molecule has 3 fully saturated rings. The van der Waals surface area contributed by atoms with E-state index < -0.39 is 0 Å². The summed E-state index contributed by atoms with van der Waals surface area (Å²) in [6.45, 7) is 7.53. The third kappa shape index (κ3) is 4.18. The lowest BCUT2D eigenvalue weighted by atomic mass is 9.79. The zero-order valence-corrected chi connectivity index (χ0v) is 14.6. The molecule has 3 aliphatic rings. The third-order valence-corrected chi connectivity index (χ3v) is 5.95. The molecule has 0 unspecified atom stereocenters. The molecule has 1 saturated heterocycles. The lowest BCUT2D eigenvalue weighted by molar-refractivity contribution is -0.132. The third-order valence-electron chi connectivity index (χ3n) is 5.95. The number of nitrogens with zero attached hydrogens (tertiary/aromatic N) is 2. The van der Waals surface area contributed by atoms with Crippen molar-refractivity contribution in [1.82, 2.24) is 15.1 Å². The molecule has 0 spiro atoms. The van der Waals surface area contributed by atoms with Crippen LogP contribution in [0.1, 0.15) is 52.4 Å². The predicted octanol–water partition coefficient (Wildman–Crippen LogP) is 2.47. The number of urea groups is 1. The molecule has 0 aromatic heterocycles. The van der Waals surface area contributed by atoms with E-state index in [4.69, 9.17) is 0 Å². The highest BCUT2D eigenvalue weighted by molar-refractivity contribution is 5.81. The molecule has 23 heavy (non-hydrogen) atoms. The maximum atomic E-state index is 12.5. The Labute approximate surface area is 139 Å². The van der Waals surface area contributed by atoms with Gasteiger partial charge in [0.15, 0.2) is 0 Å². The van der Waals surface area contributed by atoms with Gasteiger partial charge in [0.05, 0.1) is 0 Å². The standard InChI is InChI=1S/C18H31N3O2/c1-13-4-7-16(12-14(13)2)19-18(23)21-9-3-8-20(10-11-21)17(22)15-5-6-15/h13-16H,3-12H2,1-2H3,(H,19,23)/t13-,14-,16-/m1/s1. The number of rotatable bonds is 2. The van der Waals surface area contributed by atoms with E-state index in [0.29, 0.717) is 31.0 Å². The minimum atomic E-state index is 0.0671. The van der Waals surface area contributed by atoms with E-state index in [-0.39, 0.29) is 11.9 Å². The number of nitrogens with one attached hydrogen (secondary N) is 1. The molecule has 0 bridgehead atoms. The predicted molar refractivity (Wildman–Crippen MR) is 90.0 cm³/mol. The molecule has 130 valence electrons. The first-order chi connectivity index (χ1) is 11.0. The van der Waals surface area contributed by atoms with Gasteiger partial charge in [0.25, 0.3) is 0 Å². The largest absolute Gasteiger partial charge is 0.341 e. The summed E-state index contributed by atoms with van der Waals surface area (Å²) in [4.78, 5) is 28.6. The lowest BCUT2D eigenvalue weighted by Gasteiger charge is -2.34. The topological polar surface area (TPSA) is 52.7 Å². The molecule has 1 N–H and O–H groups in total. The van der Waals surface area contributed by atoms with Crippen LogP contribution < -0.4 is 5.32 Å². The summed E-state index contributed by atoms with van der Waals surface area (Å²) in [7, 11) is 0. The molecule has 3 amide bonds. The highest BCUT2D eigenvalue weighted by atomic mass is 16.2. The van der Waals surface area contributed by atoms with E-state index in [9.17, 15) is 9.59 Å². The van der Waals surface area contributed by atoms with Crippen molar-refractivity contribution in [3.05, 3.63) is 0 Å². The Bertz CT molecular complexity index is 450. The fourth-order valence-electron chi connectivity index (χ4n) is 3.87.